The standard InChI is InChI=1S/C12H16S.C7H14O/c1-2-3-4-5-6-7-9-12-10-8-11-13-12;1-8-6-7-4-2-3-5-7/h8,10-11H,2-6H2,1H3;7H,2-6H2,1H3. The van der Waals surface area contributed by atoms with Crippen LogP contribution >= 0.6 is 11.3 Å². The third-order valence-electron chi connectivity index (χ3n) is 3.77. The zero-order valence-corrected chi connectivity index (χ0v) is 14.5. The second kappa shape index (κ2) is 12.9. The number of thiophene rings is 1. The molecule has 0 amide bonds. The molecule has 0 radical (unpaired) electrons. The van der Waals surface area contributed by atoms with Crippen LogP contribution in [0.1, 0.15) is 69.6 Å². The van der Waals surface area contributed by atoms with E-state index in [1.54, 1.807) is 18.4 Å². The van der Waals surface area contributed by atoms with Crippen molar-refractivity contribution in [2.24, 2.45) is 5.92 Å². The average molecular weight is 307 g/mol. The zero-order valence-electron chi connectivity index (χ0n) is 13.7. The fraction of sp³-hybridized carbons (Fsp3) is 0.684. The molecule has 0 aromatic carbocycles. The fourth-order valence-corrected chi connectivity index (χ4v) is 3.14. The summed E-state index contributed by atoms with van der Waals surface area (Å²) in [7, 11) is 1.79. The van der Waals surface area contributed by atoms with Crippen molar-refractivity contribution in [2.45, 2.75) is 64.7 Å². The summed E-state index contributed by atoms with van der Waals surface area (Å²) in [5.74, 6) is 7.27. The highest BCUT2D eigenvalue weighted by Gasteiger charge is 2.13. The van der Waals surface area contributed by atoms with E-state index >= 15 is 0 Å². The maximum atomic E-state index is 5.03. The van der Waals surface area contributed by atoms with Gasteiger partial charge in [0.25, 0.3) is 0 Å². The highest BCUT2D eigenvalue weighted by molar-refractivity contribution is 7.10. The first-order valence-electron chi connectivity index (χ1n) is 8.38. The van der Waals surface area contributed by atoms with Crippen molar-refractivity contribution in [3.63, 3.8) is 0 Å². The molecule has 0 atom stereocenters. The summed E-state index contributed by atoms with van der Waals surface area (Å²) in [5, 5.41) is 2.07. The molecule has 1 aromatic heterocycles. The van der Waals surface area contributed by atoms with Gasteiger partial charge in [-0.25, -0.2) is 0 Å². The first-order chi connectivity index (χ1) is 10.4. The van der Waals surface area contributed by atoms with Crippen LogP contribution in [0.5, 0.6) is 0 Å². The van der Waals surface area contributed by atoms with E-state index in [1.165, 1.54) is 56.2 Å². The summed E-state index contributed by atoms with van der Waals surface area (Å²) in [5.41, 5.74) is 0. The highest BCUT2D eigenvalue weighted by atomic mass is 32.1. The van der Waals surface area contributed by atoms with Crippen molar-refractivity contribution >= 4 is 11.3 Å². The lowest BCUT2D eigenvalue weighted by atomic mass is 10.1. The van der Waals surface area contributed by atoms with Gasteiger partial charge in [-0.1, -0.05) is 56.9 Å². The van der Waals surface area contributed by atoms with E-state index in [4.69, 9.17) is 4.74 Å². The van der Waals surface area contributed by atoms with E-state index in [0.717, 1.165) is 18.9 Å². The van der Waals surface area contributed by atoms with Crippen molar-refractivity contribution in [1.82, 2.24) is 0 Å². The first-order valence-corrected chi connectivity index (χ1v) is 9.26. The van der Waals surface area contributed by atoms with Crippen LogP contribution in [0.2, 0.25) is 0 Å². The Morgan fingerprint density at radius 3 is 2.67 bits per heavy atom. The van der Waals surface area contributed by atoms with Gasteiger partial charge in [0.2, 0.25) is 0 Å². The van der Waals surface area contributed by atoms with E-state index in [0.29, 0.717) is 0 Å². The molecule has 21 heavy (non-hydrogen) atoms. The molecular weight excluding hydrogens is 276 g/mol. The summed E-state index contributed by atoms with van der Waals surface area (Å²) in [6, 6.07) is 4.12. The van der Waals surface area contributed by atoms with Gasteiger partial charge in [-0.2, -0.15) is 0 Å². The van der Waals surface area contributed by atoms with Gasteiger partial charge in [-0.15, -0.1) is 11.3 Å². The summed E-state index contributed by atoms with van der Waals surface area (Å²) in [4.78, 5) is 1.19. The van der Waals surface area contributed by atoms with Crippen LogP contribution < -0.4 is 0 Å². The molecule has 1 saturated carbocycles. The Bertz CT molecular complexity index is 379. The minimum absolute atomic E-state index is 0.889. The molecule has 0 saturated heterocycles. The Morgan fingerprint density at radius 1 is 1.24 bits per heavy atom. The molecule has 2 heteroatoms. The quantitative estimate of drug-likeness (QED) is 0.470. The van der Waals surface area contributed by atoms with Gasteiger partial charge in [0.05, 0.1) is 4.88 Å². The van der Waals surface area contributed by atoms with E-state index in [9.17, 15) is 0 Å². The minimum atomic E-state index is 0.889. The van der Waals surface area contributed by atoms with Gasteiger partial charge in [0, 0.05) is 20.1 Å². The maximum absolute atomic E-state index is 5.03. The number of methoxy groups -OCH3 is 1. The molecule has 1 heterocycles. The van der Waals surface area contributed by atoms with E-state index in [-0.39, 0.29) is 0 Å². The Labute approximate surface area is 135 Å². The number of ether oxygens (including phenoxy) is 1. The van der Waals surface area contributed by atoms with Gasteiger partial charge >= 0.3 is 0 Å². The lowest BCUT2D eigenvalue weighted by Gasteiger charge is -2.04. The van der Waals surface area contributed by atoms with Crippen molar-refractivity contribution in [2.75, 3.05) is 13.7 Å². The molecule has 0 aliphatic heterocycles. The molecule has 1 nitrogen and oxygen atoms in total. The third-order valence-corrected chi connectivity index (χ3v) is 4.55. The van der Waals surface area contributed by atoms with Crippen LogP contribution in [0.3, 0.4) is 0 Å². The fourth-order valence-electron chi connectivity index (χ4n) is 2.55. The van der Waals surface area contributed by atoms with Crippen LogP contribution in [0.4, 0.5) is 0 Å². The SMILES string of the molecule is CCCCCCC#Cc1cccs1.COCC1CCCC1. The second-order valence-corrected chi connectivity index (χ2v) is 6.64. The van der Waals surface area contributed by atoms with Gasteiger partial charge in [0.15, 0.2) is 0 Å². The van der Waals surface area contributed by atoms with Crippen molar-refractivity contribution in [3.05, 3.63) is 22.4 Å². The van der Waals surface area contributed by atoms with Crippen LogP contribution in [-0.2, 0) is 4.74 Å². The number of hydrogen-bond acceptors (Lipinski definition) is 2. The molecule has 1 aliphatic carbocycles. The Morgan fingerprint density at radius 2 is 2.05 bits per heavy atom. The molecule has 0 bridgehead atoms. The minimum Gasteiger partial charge on any atom is -0.384 e. The van der Waals surface area contributed by atoms with Crippen LogP contribution in [0.15, 0.2) is 17.5 Å². The van der Waals surface area contributed by atoms with E-state index in [1.807, 2.05) is 6.07 Å². The van der Waals surface area contributed by atoms with Crippen molar-refractivity contribution < 1.29 is 4.74 Å². The molecule has 0 unspecified atom stereocenters. The first kappa shape index (κ1) is 18.3. The van der Waals surface area contributed by atoms with Crippen LogP contribution in [-0.4, -0.2) is 13.7 Å². The van der Waals surface area contributed by atoms with Gasteiger partial charge < -0.3 is 4.74 Å². The van der Waals surface area contributed by atoms with Gasteiger partial charge in [0.1, 0.15) is 0 Å². The molecule has 0 spiro atoms. The molecule has 1 aromatic rings. The molecule has 0 N–H and O–H groups in total. The monoisotopic (exact) mass is 306 g/mol. The zero-order chi connectivity index (χ0) is 15.2. The third kappa shape index (κ3) is 9.72. The smallest absolute Gasteiger partial charge is 0.0768 e. The summed E-state index contributed by atoms with van der Waals surface area (Å²) < 4.78 is 5.03. The maximum Gasteiger partial charge on any atom is 0.0768 e. The van der Waals surface area contributed by atoms with Crippen LogP contribution in [0.25, 0.3) is 0 Å². The largest absolute Gasteiger partial charge is 0.384 e. The predicted molar refractivity (Wildman–Crippen MR) is 93.8 cm³/mol. The second-order valence-electron chi connectivity index (χ2n) is 5.70. The van der Waals surface area contributed by atoms with Crippen LogP contribution in [0, 0.1) is 17.8 Å². The molecule has 1 aliphatic rings. The van der Waals surface area contributed by atoms with Gasteiger partial charge in [-0.3, -0.25) is 0 Å². The van der Waals surface area contributed by atoms with E-state index in [2.05, 4.69) is 30.2 Å². The Balaban J connectivity index is 0.000000235. The predicted octanol–water partition coefficient (Wildman–Crippen LogP) is 5.89. The Kier molecular flexibility index (Phi) is 11.2. The number of hydrogen-bond donors (Lipinski definition) is 0. The van der Waals surface area contributed by atoms with Crippen molar-refractivity contribution in [3.8, 4) is 11.8 Å². The summed E-state index contributed by atoms with van der Waals surface area (Å²) >= 11 is 1.72. The van der Waals surface area contributed by atoms with Gasteiger partial charge in [-0.05, 0) is 36.6 Å². The summed E-state index contributed by atoms with van der Waals surface area (Å²) in [6.07, 6.45) is 11.9. The Hall–Kier alpha value is -0.780. The molecule has 1 fully saturated rings. The van der Waals surface area contributed by atoms with Crippen molar-refractivity contribution in [1.29, 1.82) is 0 Å². The number of rotatable bonds is 6. The summed E-state index contributed by atoms with van der Waals surface area (Å²) in [6.45, 7) is 3.22. The molecule has 118 valence electrons. The lowest BCUT2D eigenvalue weighted by molar-refractivity contribution is 0.155. The number of unbranched alkanes of at least 4 members (excludes halogenated alkanes) is 4. The molecular formula is C19H30OS. The highest BCUT2D eigenvalue weighted by Crippen LogP contribution is 2.24. The lowest BCUT2D eigenvalue weighted by Crippen LogP contribution is -2.01. The molecule has 2 rings (SSSR count). The topological polar surface area (TPSA) is 9.23 Å². The normalized spacial score (nSPS) is 14.2. The van der Waals surface area contributed by atoms with E-state index < -0.39 is 0 Å². The average Bonchev–Trinajstić information content (AvgIpc) is 3.17.